The summed E-state index contributed by atoms with van der Waals surface area (Å²) in [5.74, 6) is 1.16. The van der Waals surface area contributed by atoms with Crippen molar-refractivity contribution < 1.29 is 9.15 Å². The molecule has 0 fully saturated rings. The number of ether oxygens (including phenoxy) is 1. The van der Waals surface area contributed by atoms with Crippen molar-refractivity contribution in [2.45, 2.75) is 25.9 Å². The predicted octanol–water partition coefficient (Wildman–Crippen LogP) is 0.713. The monoisotopic (exact) mass is 199 g/mol. The molecule has 0 bridgehead atoms. The van der Waals surface area contributed by atoms with Crippen LogP contribution < -0.4 is 5.32 Å². The van der Waals surface area contributed by atoms with E-state index in [1.54, 1.807) is 7.11 Å². The highest BCUT2D eigenvalue weighted by Crippen LogP contribution is 2.21. The number of hydrogen-bond donors (Lipinski definition) is 1. The molecule has 14 heavy (non-hydrogen) atoms. The van der Waals surface area contributed by atoms with Crippen molar-refractivity contribution in [2.75, 3.05) is 20.7 Å². The Bertz CT molecular complexity index is 283. The van der Waals surface area contributed by atoms with Crippen LogP contribution in [-0.2, 0) is 16.8 Å². The van der Waals surface area contributed by atoms with E-state index in [9.17, 15) is 0 Å². The molecule has 0 aromatic carbocycles. The van der Waals surface area contributed by atoms with Crippen molar-refractivity contribution in [1.29, 1.82) is 0 Å². The van der Waals surface area contributed by atoms with E-state index >= 15 is 0 Å². The Kier molecular flexibility index (Phi) is 3.60. The number of nitrogens with one attached hydrogen (secondary N) is 1. The molecule has 0 saturated heterocycles. The topological polar surface area (TPSA) is 60.2 Å². The van der Waals surface area contributed by atoms with E-state index in [2.05, 4.69) is 15.5 Å². The molecule has 1 aromatic heterocycles. The van der Waals surface area contributed by atoms with Crippen LogP contribution >= 0.6 is 0 Å². The quantitative estimate of drug-likeness (QED) is 0.757. The molecule has 5 heteroatoms. The molecule has 0 amide bonds. The number of rotatable bonds is 5. The van der Waals surface area contributed by atoms with Gasteiger partial charge in [-0.05, 0) is 20.9 Å². The number of likely N-dealkylation sites (N-methyl/N-ethyl adjacent to an activating group) is 1. The number of nitrogens with zero attached hydrogens (tertiary/aromatic N) is 2. The van der Waals surface area contributed by atoms with Gasteiger partial charge in [-0.25, -0.2) is 0 Å². The van der Waals surface area contributed by atoms with Crippen molar-refractivity contribution >= 4 is 0 Å². The molecule has 0 spiro atoms. The summed E-state index contributed by atoms with van der Waals surface area (Å²) in [6.07, 6.45) is 0.739. The zero-order valence-corrected chi connectivity index (χ0v) is 9.13. The smallest absolute Gasteiger partial charge is 0.247 e. The average Bonchev–Trinajstić information content (AvgIpc) is 2.63. The summed E-state index contributed by atoms with van der Waals surface area (Å²) in [5, 5.41) is 10.9. The van der Waals surface area contributed by atoms with Crippen LogP contribution in [0, 0.1) is 0 Å². The fourth-order valence-electron chi connectivity index (χ4n) is 0.917. The summed E-state index contributed by atoms with van der Waals surface area (Å²) in [4.78, 5) is 0. The van der Waals surface area contributed by atoms with Crippen molar-refractivity contribution in [2.24, 2.45) is 0 Å². The van der Waals surface area contributed by atoms with Gasteiger partial charge < -0.3 is 14.5 Å². The number of hydrogen-bond acceptors (Lipinski definition) is 5. The first-order valence-electron chi connectivity index (χ1n) is 4.62. The largest absolute Gasteiger partial charge is 0.422 e. The fourth-order valence-corrected chi connectivity index (χ4v) is 0.917. The highest BCUT2D eigenvalue weighted by molar-refractivity contribution is 4.93. The van der Waals surface area contributed by atoms with Gasteiger partial charge in [-0.1, -0.05) is 0 Å². The van der Waals surface area contributed by atoms with Gasteiger partial charge in [-0.2, -0.15) is 0 Å². The van der Waals surface area contributed by atoms with E-state index in [1.807, 2.05) is 20.9 Å². The first kappa shape index (κ1) is 11.1. The number of aromatic nitrogens is 2. The molecule has 5 nitrogen and oxygen atoms in total. The van der Waals surface area contributed by atoms with Crippen molar-refractivity contribution in [3.05, 3.63) is 11.8 Å². The molecule has 0 saturated carbocycles. The zero-order chi connectivity index (χ0) is 10.6. The Morgan fingerprint density at radius 3 is 2.71 bits per heavy atom. The molecule has 0 aliphatic heterocycles. The Balaban J connectivity index is 2.67. The van der Waals surface area contributed by atoms with Crippen molar-refractivity contribution in [1.82, 2.24) is 15.5 Å². The molecular weight excluding hydrogens is 182 g/mol. The maximum absolute atomic E-state index is 5.45. The summed E-state index contributed by atoms with van der Waals surface area (Å²) in [7, 11) is 3.51. The minimum atomic E-state index is -0.509. The van der Waals surface area contributed by atoms with Crippen LogP contribution in [0.15, 0.2) is 4.42 Å². The second-order valence-corrected chi connectivity index (χ2v) is 3.57. The van der Waals surface area contributed by atoms with Crippen LogP contribution in [0.1, 0.15) is 25.6 Å². The maximum Gasteiger partial charge on any atom is 0.247 e. The lowest BCUT2D eigenvalue weighted by atomic mass is 10.1. The standard InChI is InChI=1S/C9H17N3O2/c1-9(2,13-4)8-12-11-7(14-8)5-6-10-3/h10H,5-6H2,1-4H3. The van der Waals surface area contributed by atoms with E-state index in [0.717, 1.165) is 13.0 Å². The summed E-state index contributed by atoms with van der Waals surface area (Å²) < 4.78 is 10.7. The summed E-state index contributed by atoms with van der Waals surface area (Å²) in [6.45, 7) is 4.61. The summed E-state index contributed by atoms with van der Waals surface area (Å²) in [5.41, 5.74) is -0.509. The molecule has 0 unspecified atom stereocenters. The van der Waals surface area contributed by atoms with Crippen molar-refractivity contribution in [3.8, 4) is 0 Å². The number of methoxy groups -OCH3 is 1. The van der Waals surface area contributed by atoms with Crippen LogP contribution in [0.2, 0.25) is 0 Å². The van der Waals surface area contributed by atoms with Crippen LogP contribution in [0.3, 0.4) is 0 Å². The van der Waals surface area contributed by atoms with Gasteiger partial charge in [0.25, 0.3) is 0 Å². The summed E-state index contributed by atoms with van der Waals surface area (Å²) >= 11 is 0. The van der Waals surface area contributed by atoms with Gasteiger partial charge in [0.15, 0.2) is 0 Å². The molecule has 0 radical (unpaired) electrons. The molecule has 1 aromatic rings. The molecule has 0 aliphatic rings. The Morgan fingerprint density at radius 1 is 1.43 bits per heavy atom. The van der Waals surface area contributed by atoms with Gasteiger partial charge in [-0.15, -0.1) is 10.2 Å². The average molecular weight is 199 g/mol. The zero-order valence-electron chi connectivity index (χ0n) is 9.13. The van der Waals surface area contributed by atoms with Crippen LogP contribution in [0.25, 0.3) is 0 Å². The van der Waals surface area contributed by atoms with Gasteiger partial charge in [0.2, 0.25) is 11.8 Å². The Labute approximate surface area is 83.9 Å². The van der Waals surface area contributed by atoms with Gasteiger partial charge >= 0.3 is 0 Å². The van der Waals surface area contributed by atoms with E-state index < -0.39 is 5.60 Å². The first-order valence-corrected chi connectivity index (χ1v) is 4.62. The third-order valence-corrected chi connectivity index (χ3v) is 2.08. The SMILES string of the molecule is CNCCc1nnc(C(C)(C)OC)o1. The summed E-state index contributed by atoms with van der Waals surface area (Å²) in [6, 6.07) is 0. The molecule has 1 heterocycles. The minimum Gasteiger partial charge on any atom is -0.422 e. The second-order valence-electron chi connectivity index (χ2n) is 3.57. The molecule has 1 N–H and O–H groups in total. The van der Waals surface area contributed by atoms with Gasteiger partial charge in [-0.3, -0.25) is 0 Å². The highest BCUT2D eigenvalue weighted by atomic mass is 16.5. The van der Waals surface area contributed by atoms with E-state index in [1.165, 1.54) is 0 Å². The normalized spacial score (nSPS) is 12.0. The third-order valence-electron chi connectivity index (χ3n) is 2.08. The maximum atomic E-state index is 5.45. The van der Waals surface area contributed by atoms with Gasteiger partial charge in [0.05, 0.1) is 0 Å². The minimum absolute atomic E-state index is 0.509. The van der Waals surface area contributed by atoms with Crippen LogP contribution in [0.5, 0.6) is 0 Å². The predicted molar refractivity (Wildman–Crippen MR) is 52.0 cm³/mol. The van der Waals surface area contributed by atoms with E-state index in [-0.39, 0.29) is 0 Å². The second kappa shape index (κ2) is 4.52. The molecule has 1 rings (SSSR count). The van der Waals surface area contributed by atoms with Gasteiger partial charge in [0.1, 0.15) is 5.60 Å². The third kappa shape index (κ3) is 2.52. The molecular formula is C9H17N3O2. The van der Waals surface area contributed by atoms with E-state index in [4.69, 9.17) is 9.15 Å². The van der Waals surface area contributed by atoms with Gasteiger partial charge in [0, 0.05) is 20.1 Å². The Morgan fingerprint density at radius 2 is 2.14 bits per heavy atom. The van der Waals surface area contributed by atoms with Crippen LogP contribution in [-0.4, -0.2) is 30.9 Å². The lowest BCUT2D eigenvalue weighted by molar-refractivity contribution is -0.00451. The first-order chi connectivity index (χ1) is 6.60. The molecule has 0 aliphatic carbocycles. The van der Waals surface area contributed by atoms with Crippen LogP contribution in [0.4, 0.5) is 0 Å². The van der Waals surface area contributed by atoms with Crippen molar-refractivity contribution in [3.63, 3.8) is 0 Å². The Hall–Kier alpha value is -0.940. The lowest BCUT2D eigenvalue weighted by Crippen LogP contribution is -2.19. The highest BCUT2D eigenvalue weighted by Gasteiger charge is 2.26. The fraction of sp³-hybridized carbons (Fsp3) is 0.778. The lowest BCUT2D eigenvalue weighted by Gasteiger charge is -2.17. The molecule has 0 atom stereocenters. The van der Waals surface area contributed by atoms with E-state index in [0.29, 0.717) is 11.8 Å². The molecule has 80 valence electrons.